The third kappa shape index (κ3) is 6.22. The number of hydrogen-bond acceptors (Lipinski definition) is 8. The molecule has 1 saturated heterocycles. The number of fused-ring (bicyclic) bond motifs is 2. The van der Waals surface area contributed by atoms with Gasteiger partial charge in [0.15, 0.2) is 5.49 Å². The molecular formula is C29H31N5O7. The zero-order valence-electron chi connectivity index (χ0n) is 23.2. The Hall–Kier alpha value is -4.71. The summed E-state index contributed by atoms with van der Waals surface area (Å²) in [7, 11) is 0. The van der Waals surface area contributed by atoms with E-state index in [4.69, 9.17) is 14.5 Å². The minimum atomic E-state index is -0.775. The molecule has 4 rings (SSSR count). The van der Waals surface area contributed by atoms with E-state index in [2.05, 4.69) is 11.6 Å². The summed E-state index contributed by atoms with van der Waals surface area (Å²) in [6.07, 6.45) is 6.53. The molecule has 214 valence electrons. The Balaban J connectivity index is 2.03. The number of ether oxygens (including phenoxy) is 2. The van der Waals surface area contributed by atoms with Gasteiger partial charge in [0.1, 0.15) is 16.9 Å². The first-order valence-corrected chi connectivity index (χ1v) is 13.2. The molecule has 1 amide bonds. The molecule has 4 heterocycles. The Morgan fingerprint density at radius 2 is 2.15 bits per heavy atom. The van der Waals surface area contributed by atoms with E-state index < -0.39 is 22.4 Å². The molecule has 12 nitrogen and oxygen atoms in total. The quantitative estimate of drug-likeness (QED) is 0.127. The van der Waals surface area contributed by atoms with Crippen molar-refractivity contribution in [1.82, 2.24) is 14.0 Å². The van der Waals surface area contributed by atoms with Crippen molar-refractivity contribution in [2.45, 2.75) is 52.7 Å². The number of nitrogens with zero attached hydrogens (tertiary/aromatic N) is 5. The van der Waals surface area contributed by atoms with E-state index in [-0.39, 0.29) is 59.0 Å². The molecule has 3 aromatic heterocycles. The molecule has 41 heavy (non-hydrogen) atoms. The predicted octanol–water partition coefficient (Wildman–Crippen LogP) is 3.42. The number of amides is 1. The van der Waals surface area contributed by atoms with E-state index in [9.17, 15) is 24.5 Å². The van der Waals surface area contributed by atoms with Gasteiger partial charge in [0.2, 0.25) is 0 Å². The highest BCUT2D eigenvalue weighted by Gasteiger charge is 2.24. The standard InChI is InChI=1S/C29H31N5O7/c1-5-7-12-23(34(38)39)19(4)15-24(35)30-27-22(29(37)40-6-2)16-21-26(33(27)17-20-11-9-14-41-20)31-25-18(3)10-8-13-32(25)28(21)36/h5,7-8,10,12-13,16,20H,1,6,9,11,14-15,17H2,2-4H3/b12-7+,23-19-,30-27?. The summed E-state index contributed by atoms with van der Waals surface area (Å²) in [6, 6.07) is 4.89. The minimum Gasteiger partial charge on any atom is -0.462 e. The first-order chi connectivity index (χ1) is 19.7. The fourth-order valence-corrected chi connectivity index (χ4v) is 4.72. The Morgan fingerprint density at radius 3 is 2.80 bits per heavy atom. The van der Waals surface area contributed by atoms with Gasteiger partial charge in [0.25, 0.3) is 17.2 Å². The number of esters is 1. The Bertz CT molecular complexity index is 1740. The van der Waals surface area contributed by atoms with Crippen LogP contribution >= 0.6 is 0 Å². The Labute approximate surface area is 235 Å². The normalized spacial score (nSPS) is 16.4. The maximum Gasteiger partial charge on any atom is 0.341 e. The maximum absolute atomic E-state index is 13.6. The summed E-state index contributed by atoms with van der Waals surface area (Å²) < 4.78 is 14.1. The van der Waals surface area contributed by atoms with Crippen molar-refractivity contribution in [3.63, 3.8) is 0 Å². The van der Waals surface area contributed by atoms with Crippen molar-refractivity contribution < 1.29 is 24.0 Å². The number of carbonyl (C=O) groups is 2. The molecule has 0 radical (unpaired) electrons. The zero-order valence-corrected chi connectivity index (χ0v) is 23.2. The molecule has 1 unspecified atom stereocenters. The molecule has 1 aliphatic rings. The minimum absolute atomic E-state index is 0.0494. The van der Waals surface area contributed by atoms with E-state index in [0.717, 1.165) is 18.4 Å². The second-order valence-electron chi connectivity index (χ2n) is 9.59. The number of aryl methyl sites for hydroxylation is 1. The highest BCUT2D eigenvalue weighted by molar-refractivity contribution is 5.94. The van der Waals surface area contributed by atoms with Crippen LogP contribution in [0, 0.1) is 17.0 Å². The van der Waals surface area contributed by atoms with E-state index in [0.29, 0.717) is 12.3 Å². The fourth-order valence-electron chi connectivity index (χ4n) is 4.72. The van der Waals surface area contributed by atoms with Crippen LogP contribution in [-0.2, 0) is 20.8 Å². The van der Waals surface area contributed by atoms with Crippen molar-refractivity contribution in [3.8, 4) is 0 Å². The van der Waals surface area contributed by atoms with E-state index in [1.165, 1.54) is 35.6 Å². The molecule has 0 spiro atoms. The number of allylic oxidation sites excluding steroid dienone is 3. The summed E-state index contributed by atoms with van der Waals surface area (Å²) in [5.41, 5.74) is 0.743. The zero-order chi connectivity index (χ0) is 29.7. The van der Waals surface area contributed by atoms with Crippen LogP contribution in [0.25, 0.3) is 16.7 Å². The van der Waals surface area contributed by atoms with Gasteiger partial charge in [-0.15, -0.1) is 0 Å². The van der Waals surface area contributed by atoms with Gasteiger partial charge in [0.05, 0.1) is 36.0 Å². The lowest BCUT2D eigenvalue weighted by Gasteiger charge is -2.18. The second kappa shape index (κ2) is 12.6. The molecule has 1 atom stereocenters. The van der Waals surface area contributed by atoms with Gasteiger partial charge in [-0.3, -0.25) is 24.1 Å². The van der Waals surface area contributed by atoms with Crippen LogP contribution in [0.3, 0.4) is 0 Å². The van der Waals surface area contributed by atoms with E-state index in [1.807, 2.05) is 13.0 Å². The molecule has 12 heteroatoms. The number of pyridine rings is 2. The summed E-state index contributed by atoms with van der Waals surface area (Å²) >= 11 is 0. The maximum atomic E-state index is 13.6. The Kier molecular flexibility index (Phi) is 9.03. The van der Waals surface area contributed by atoms with Crippen molar-refractivity contribution in [2.24, 2.45) is 4.99 Å². The SMILES string of the molecule is C=C/C=C/C(=C(\C)CC(=O)N=c1c(C(=O)OCC)cc2c(=O)n3cccc(C)c3nc2n1CC1CCCO1)[N+](=O)[O-]. The number of hydrogen-bond donors (Lipinski definition) is 0. The van der Waals surface area contributed by atoms with Crippen LogP contribution in [0.2, 0.25) is 0 Å². The highest BCUT2D eigenvalue weighted by Crippen LogP contribution is 2.18. The van der Waals surface area contributed by atoms with Crippen LogP contribution in [0.4, 0.5) is 0 Å². The van der Waals surface area contributed by atoms with Gasteiger partial charge < -0.3 is 14.0 Å². The molecule has 1 fully saturated rings. The molecule has 3 aromatic rings. The highest BCUT2D eigenvalue weighted by atomic mass is 16.6. The molecule has 0 aliphatic carbocycles. The topological polar surface area (TPSA) is 147 Å². The molecule has 0 saturated carbocycles. The van der Waals surface area contributed by atoms with E-state index in [1.54, 1.807) is 23.8 Å². The van der Waals surface area contributed by atoms with Gasteiger partial charge in [-0.25, -0.2) is 9.78 Å². The van der Waals surface area contributed by atoms with Crippen LogP contribution < -0.4 is 11.0 Å². The van der Waals surface area contributed by atoms with Crippen molar-refractivity contribution in [2.75, 3.05) is 13.2 Å². The van der Waals surface area contributed by atoms with Gasteiger partial charge in [-0.2, -0.15) is 4.99 Å². The summed E-state index contributed by atoms with van der Waals surface area (Å²) in [5.74, 6) is -1.50. The summed E-state index contributed by atoms with van der Waals surface area (Å²) in [4.78, 5) is 60.0. The first-order valence-electron chi connectivity index (χ1n) is 13.2. The fraction of sp³-hybridized carbons (Fsp3) is 0.345. The smallest absolute Gasteiger partial charge is 0.341 e. The van der Waals surface area contributed by atoms with Crippen LogP contribution in [0.15, 0.2) is 70.3 Å². The van der Waals surface area contributed by atoms with Gasteiger partial charge in [0, 0.05) is 24.5 Å². The monoisotopic (exact) mass is 561 g/mol. The van der Waals surface area contributed by atoms with Crippen LogP contribution in [0.5, 0.6) is 0 Å². The summed E-state index contributed by atoms with van der Waals surface area (Å²) in [5, 5.41) is 11.7. The Morgan fingerprint density at radius 1 is 1.37 bits per heavy atom. The van der Waals surface area contributed by atoms with Crippen molar-refractivity contribution in [3.05, 3.63) is 97.6 Å². The van der Waals surface area contributed by atoms with Crippen LogP contribution in [0.1, 0.15) is 49.0 Å². The van der Waals surface area contributed by atoms with Crippen molar-refractivity contribution in [1.29, 1.82) is 0 Å². The van der Waals surface area contributed by atoms with Crippen molar-refractivity contribution >= 4 is 28.6 Å². The van der Waals surface area contributed by atoms with Gasteiger partial charge in [-0.05, 0) is 51.3 Å². The molecule has 0 bridgehead atoms. The first kappa shape index (κ1) is 29.3. The molecule has 1 aliphatic heterocycles. The van der Waals surface area contributed by atoms with Gasteiger partial charge in [-0.1, -0.05) is 24.8 Å². The lowest BCUT2D eigenvalue weighted by Crippen LogP contribution is -2.35. The number of nitro groups is 1. The summed E-state index contributed by atoms with van der Waals surface area (Å²) in [6.45, 7) is 9.20. The average Bonchev–Trinajstić information content (AvgIpc) is 3.44. The van der Waals surface area contributed by atoms with E-state index >= 15 is 0 Å². The number of rotatable bonds is 9. The largest absolute Gasteiger partial charge is 0.462 e. The number of carbonyl (C=O) groups excluding carboxylic acids is 2. The predicted molar refractivity (Wildman–Crippen MR) is 151 cm³/mol. The second-order valence-corrected chi connectivity index (χ2v) is 9.59. The molecule has 0 N–H and O–H groups in total. The third-order valence-electron chi connectivity index (χ3n) is 6.68. The molecule has 0 aromatic carbocycles. The lowest BCUT2D eigenvalue weighted by atomic mass is 10.1. The van der Waals surface area contributed by atoms with Crippen LogP contribution in [-0.4, -0.2) is 50.1 Å². The lowest BCUT2D eigenvalue weighted by molar-refractivity contribution is -0.420. The third-order valence-corrected chi connectivity index (χ3v) is 6.68. The molecular weight excluding hydrogens is 530 g/mol. The number of aromatic nitrogens is 3. The average molecular weight is 562 g/mol. The van der Waals surface area contributed by atoms with Gasteiger partial charge >= 0.3 is 5.97 Å².